The number of aliphatic hydroxyl groups is 2. The van der Waals surface area contributed by atoms with Crippen LogP contribution in [-0.2, 0) is 0 Å². The van der Waals surface area contributed by atoms with Gasteiger partial charge in [0.1, 0.15) is 0 Å². The fourth-order valence-corrected chi connectivity index (χ4v) is 2.38. The largest absolute Gasteiger partial charge is 0.364 e. The molecule has 1 aliphatic heterocycles. The number of aliphatic hydroxyl groups excluding tert-OH is 1. The van der Waals surface area contributed by atoms with Gasteiger partial charge in [0.05, 0.1) is 0 Å². The Morgan fingerprint density at radius 3 is 2.50 bits per heavy atom. The number of hydrogen-bond donors (Lipinski definition) is 2. The first-order valence-corrected chi connectivity index (χ1v) is 5.81. The van der Waals surface area contributed by atoms with Crippen molar-refractivity contribution in [2.45, 2.75) is 25.0 Å². The predicted molar refractivity (Wildman–Crippen MR) is 63.1 cm³/mol. The molecule has 0 spiro atoms. The summed E-state index contributed by atoms with van der Waals surface area (Å²) >= 11 is 0. The van der Waals surface area contributed by atoms with Crippen LogP contribution in [0.3, 0.4) is 0 Å². The molecule has 2 rings (SSSR count). The van der Waals surface area contributed by atoms with Crippen LogP contribution in [0.5, 0.6) is 0 Å². The van der Waals surface area contributed by atoms with Gasteiger partial charge >= 0.3 is 0 Å². The number of nitrogens with zero attached hydrogens (tertiary/aromatic N) is 1. The minimum absolute atomic E-state index is 0.563. The number of rotatable bonds is 2. The summed E-state index contributed by atoms with van der Waals surface area (Å²) in [6, 6.07) is 7.63. The Hall–Kier alpha value is -0.900. The van der Waals surface area contributed by atoms with Gasteiger partial charge in [0.15, 0.2) is 6.29 Å². The molecule has 1 aliphatic rings. The summed E-state index contributed by atoms with van der Waals surface area (Å²) in [6.07, 6.45) is 1.11. The Morgan fingerprint density at radius 1 is 1.25 bits per heavy atom. The van der Waals surface area contributed by atoms with E-state index in [1.807, 2.05) is 12.1 Å². The first-order valence-electron chi connectivity index (χ1n) is 5.81. The van der Waals surface area contributed by atoms with Crippen LogP contribution < -0.4 is 0 Å². The molecule has 0 radical (unpaired) electrons. The third-order valence-corrected chi connectivity index (χ3v) is 3.33. The molecule has 0 unspecified atom stereocenters. The maximum Gasteiger partial charge on any atom is 0.178 e. The highest BCUT2D eigenvalue weighted by Crippen LogP contribution is 2.26. The Kier molecular flexibility index (Phi) is 3.59. The average Bonchev–Trinajstić information content (AvgIpc) is 2.29. The lowest BCUT2D eigenvalue weighted by molar-refractivity contribution is -0.0424. The van der Waals surface area contributed by atoms with Crippen molar-refractivity contribution >= 4 is 0 Å². The molecule has 3 heteroatoms. The SMILES string of the molecule is CN1CCC[C@H](c2ccc(C(O)O)cc2)C1. The van der Waals surface area contributed by atoms with Gasteiger partial charge < -0.3 is 15.1 Å². The predicted octanol–water partition coefficient (Wildman–Crippen LogP) is 1.48. The Balaban J connectivity index is 2.09. The standard InChI is InChI=1S/C13H19NO2/c1-14-8-2-3-12(9-14)10-4-6-11(7-5-10)13(15)16/h4-7,12-13,15-16H,2-3,8-9H2,1H3/t12-/m0/s1. The lowest BCUT2D eigenvalue weighted by atomic mass is 9.90. The molecule has 1 heterocycles. The quantitative estimate of drug-likeness (QED) is 0.743. The van der Waals surface area contributed by atoms with Crippen molar-refractivity contribution in [1.29, 1.82) is 0 Å². The van der Waals surface area contributed by atoms with E-state index in [4.69, 9.17) is 10.2 Å². The summed E-state index contributed by atoms with van der Waals surface area (Å²) in [6.45, 7) is 2.28. The van der Waals surface area contributed by atoms with Gasteiger partial charge in [-0.25, -0.2) is 0 Å². The normalized spacial score (nSPS) is 22.6. The Bertz CT molecular complexity index is 334. The minimum Gasteiger partial charge on any atom is -0.364 e. The third-order valence-electron chi connectivity index (χ3n) is 3.33. The molecule has 1 fully saturated rings. The van der Waals surface area contributed by atoms with Gasteiger partial charge in [0.25, 0.3) is 0 Å². The van der Waals surface area contributed by atoms with E-state index in [-0.39, 0.29) is 0 Å². The van der Waals surface area contributed by atoms with Crippen molar-refractivity contribution in [3.05, 3.63) is 35.4 Å². The molecular weight excluding hydrogens is 202 g/mol. The Morgan fingerprint density at radius 2 is 1.94 bits per heavy atom. The number of likely N-dealkylation sites (tertiary alicyclic amines) is 1. The molecule has 0 amide bonds. The molecule has 1 aromatic rings. The van der Waals surface area contributed by atoms with Crippen LogP contribution >= 0.6 is 0 Å². The van der Waals surface area contributed by atoms with E-state index in [0.29, 0.717) is 11.5 Å². The highest BCUT2D eigenvalue weighted by Gasteiger charge is 2.18. The van der Waals surface area contributed by atoms with Gasteiger partial charge in [-0.05, 0) is 37.9 Å². The zero-order valence-corrected chi connectivity index (χ0v) is 9.63. The first-order chi connectivity index (χ1) is 7.66. The molecule has 16 heavy (non-hydrogen) atoms. The molecule has 0 aliphatic carbocycles. The molecule has 3 nitrogen and oxygen atoms in total. The fourth-order valence-electron chi connectivity index (χ4n) is 2.38. The zero-order valence-electron chi connectivity index (χ0n) is 9.63. The summed E-state index contributed by atoms with van der Waals surface area (Å²) < 4.78 is 0. The fraction of sp³-hybridized carbons (Fsp3) is 0.538. The second kappa shape index (κ2) is 4.95. The van der Waals surface area contributed by atoms with Gasteiger partial charge in [-0.3, -0.25) is 0 Å². The highest BCUT2D eigenvalue weighted by molar-refractivity contribution is 5.26. The maximum absolute atomic E-state index is 9.01. The van der Waals surface area contributed by atoms with Crippen LogP contribution in [-0.4, -0.2) is 35.3 Å². The number of likely N-dealkylation sites (N-methyl/N-ethyl adjacent to an activating group) is 1. The molecule has 0 aromatic heterocycles. The molecular formula is C13H19NO2. The minimum atomic E-state index is -1.36. The topological polar surface area (TPSA) is 43.7 Å². The highest BCUT2D eigenvalue weighted by atomic mass is 16.5. The van der Waals surface area contributed by atoms with Gasteiger partial charge in [-0.15, -0.1) is 0 Å². The molecule has 0 saturated carbocycles. The smallest absolute Gasteiger partial charge is 0.178 e. The van der Waals surface area contributed by atoms with Gasteiger partial charge in [-0.2, -0.15) is 0 Å². The molecule has 0 bridgehead atoms. The van der Waals surface area contributed by atoms with E-state index >= 15 is 0 Å². The number of piperidine rings is 1. The molecule has 2 N–H and O–H groups in total. The second-order valence-electron chi connectivity index (χ2n) is 4.64. The maximum atomic E-state index is 9.01. The van der Waals surface area contributed by atoms with Crippen molar-refractivity contribution in [3.8, 4) is 0 Å². The Labute approximate surface area is 96.3 Å². The van der Waals surface area contributed by atoms with E-state index in [2.05, 4.69) is 11.9 Å². The molecule has 88 valence electrons. The van der Waals surface area contributed by atoms with Crippen LogP contribution in [0, 0.1) is 0 Å². The van der Waals surface area contributed by atoms with Crippen LogP contribution in [0.2, 0.25) is 0 Å². The van der Waals surface area contributed by atoms with Crippen LogP contribution in [0.4, 0.5) is 0 Å². The van der Waals surface area contributed by atoms with Crippen molar-refractivity contribution in [2.24, 2.45) is 0 Å². The lowest BCUT2D eigenvalue weighted by Gasteiger charge is -2.30. The summed E-state index contributed by atoms with van der Waals surface area (Å²) in [5.74, 6) is 0.587. The number of hydrogen-bond acceptors (Lipinski definition) is 3. The third kappa shape index (κ3) is 2.61. The van der Waals surface area contributed by atoms with Crippen LogP contribution in [0.1, 0.15) is 36.2 Å². The zero-order chi connectivity index (χ0) is 11.5. The average molecular weight is 221 g/mol. The van der Waals surface area contributed by atoms with Crippen molar-refractivity contribution < 1.29 is 10.2 Å². The number of benzene rings is 1. The summed E-state index contributed by atoms with van der Waals surface area (Å²) in [5, 5.41) is 18.0. The van der Waals surface area contributed by atoms with Gasteiger partial charge in [0, 0.05) is 12.1 Å². The molecule has 1 aromatic carbocycles. The van der Waals surface area contributed by atoms with E-state index in [1.54, 1.807) is 12.1 Å². The van der Waals surface area contributed by atoms with Crippen molar-refractivity contribution in [3.63, 3.8) is 0 Å². The van der Waals surface area contributed by atoms with Crippen molar-refractivity contribution in [2.75, 3.05) is 20.1 Å². The van der Waals surface area contributed by atoms with Gasteiger partial charge in [0.2, 0.25) is 0 Å². The van der Waals surface area contributed by atoms with Crippen molar-refractivity contribution in [1.82, 2.24) is 4.90 Å². The van der Waals surface area contributed by atoms with E-state index in [1.165, 1.54) is 24.9 Å². The molecule has 1 saturated heterocycles. The van der Waals surface area contributed by atoms with E-state index < -0.39 is 6.29 Å². The summed E-state index contributed by atoms with van der Waals surface area (Å²) in [5.41, 5.74) is 1.86. The molecule has 1 atom stereocenters. The van der Waals surface area contributed by atoms with E-state index in [9.17, 15) is 0 Å². The summed E-state index contributed by atoms with van der Waals surface area (Å²) in [4.78, 5) is 2.35. The summed E-state index contributed by atoms with van der Waals surface area (Å²) in [7, 11) is 2.15. The van der Waals surface area contributed by atoms with Gasteiger partial charge in [-0.1, -0.05) is 24.3 Å². The van der Waals surface area contributed by atoms with Crippen LogP contribution in [0.15, 0.2) is 24.3 Å². The first kappa shape index (κ1) is 11.6. The lowest BCUT2D eigenvalue weighted by Crippen LogP contribution is -2.30. The van der Waals surface area contributed by atoms with Crippen LogP contribution in [0.25, 0.3) is 0 Å². The second-order valence-corrected chi connectivity index (χ2v) is 4.64. The van der Waals surface area contributed by atoms with E-state index in [0.717, 1.165) is 6.54 Å². The monoisotopic (exact) mass is 221 g/mol.